The molecule has 136 valence electrons. The molecule has 3 aromatic rings. The molecule has 3 rings (SSSR count). The van der Waals surface area contributed by atoms with Crippen LogP contribution in [-0.2, 0) is 10.0 Å². The van der Waals surface area contributed by atoms with Gasteiger partial charge in [-0.2, -0.15) is 5.10 Å². The van der Waals surface area contributed by atoms with Gasteiger partial charge in [-0.15, -0.1) is 11.3 Å². The second kappa shape index (κ2) is 7.99. The molecule has 0 saturated heterocycles. The number of rotatable bonds is 7. The van der Waals surface area contributed by atoms with Crippen molar-refractivity contribution in [1.82, 2.24) is 14.5 Å². The molecule has 2 heterocycles. The zero-order chi connectivity index (χ0) is 18.6. The van der Waals surface area contributed by atoms with Gasteiger partial charge >= 0.3 is 0 Å². The lowest BCUT2D eigenvalue weighted by Crippen LogP contribution is -2.30. The molecule has 1 unspecified atom stereocenters. The summed E-state index contributed by atoms with van der Waals surface area (Å²) in [4.78, 5) is 1.06. The van der Waals surface area contributed by atoms with E-state index in [1.807, 2.05) is 72.4 Å². The molecule has 0 spiro atoms. The van der Waals surface area contributed by atoms with E-state index in [0.717, 1.165) is 21.8 Å². The van der Waals surface area contributed by atoms with Crippen LogP contribution in [0.4, 0.5) is 0 Å². The summed E-state index contributed by atoms with van der Waals surface area (Å²) in [5.41, 5.74) is 2.75. The van der Waals surface area contributed by atoms with Crippen LogP contribution < -0.4 is 4.72 Å². The topological polar surface area (TPSA) is 64.0 Å². The molecule has 0 radical (unpaired) electrons. The first-order chi connectivity index (χ1) is 12.4. The van der Waals surface area contributed by atoms with Gasteiger partial charge in [0.1, 0.15) is 0 Å². The van der Waals surface area contributed by atoms with E-state index in [1.165, 1.54) is 5.41 Å². The molecule has 7 heteroatoms. The number of aromatic nitrogens is 2. The normalized spacial score (nSPS) is 13.3. The van der Waals surface area contributed by atoms with E-state index in [4.69, 9.17) is 0 Å². The zero-order valence-corrected chi connectivity index (χ0v) is 16.3. The lowest BCUT2D eigenvalue weighted by molar-refractivity contribution is 0.502. The molecule has 5 nitrogen and oxygen atoms in total. The van der Waals surface area contributed by atoms with E-state index in [0.29, 0.717) is 0 Å². The van der Waals surface area contributed by atoms with Gasteiger partial charge in [-0.25, -0.2) is 13.1 Å². The first-order valence-electron chi connectivity index (χ1n) is 8.23. The van der Waals surface area contributed by atoms with Crippen molar-refractivity contribution in [1.29, 1.82) is 0 Å². The number of sulfonamides is 1. The molecule has 0 fully saturated rings. The van der Waals surface area contributed by atoms with Gasteiger partial charge < -0.3 is 0 Å². The number of hydrogen-bond donors (Lipinski definition) is 1. The molecular weight excluding hydrogens is 366 g/mol. The minimum absolute atomic E-state index is 0.177. The molecule has 1 atom stereocenters. The van der Waals surface area contributed by atoms with Gasteiger partial charge in [0.25, 0.3) is 0 Å². The largest absolute Gasteiger partial charge is 0.260 e. The maximum Gasteiger partial charge on any atom is 0.233 e. The SMILES string of the molecule is Cc1cc(C)n(C(CNS(=O)(=O)C=Cc2ccccc2)c2cccs2)n1. The fourth-order valence-electron chi connectivity index (χ4n) is 2.73. The first-order valence-corrected chi connectivity index (χ1v) is 10.7. The summed E-state index contributed by atoms with van der Waals surface area (Å²) < 4.78 is 29.3. The van der Waals surface area contributed by atoms with Crippen LogP contribution in [0.1, 0.15) is 27.9 Å². The van der Waals surface area contributed by atoms with Crippen molar-refractivity contribution in [2.75, 3.05) is 6.54 Å². The Balaban J connectivity index is 1.77. The molecule has 1 aromatic carbocycles. The lowest BCUT2D eigenvalue weighted by Gasteiger charge is -2.18. The Morgan fingerprint density at radius 3 is 2.58 bits per heavy atom. The highest BCUT2D eigenvalue weighted by Crippen LogP contribution is 2.24. The van der Waals surface area contributed by atoms with Crippen LogP contribution in [0.25, 0.3) is 6.08 Å². The number of thiophene rings is 1. The average Bonchev–Trinajstić information content (AvgIpc) is 3.25. The van der Waals surface area contributed by atoms with Gasteiger partial charge in [0.2, 0.25) is 10.0 Å². The third kappa shape index (κ3) is 4.69. The van der Waals surface area contributed by atoms with Crippen molar-refractivity contribution >= 4 is 27.4 Å². The van der Waals surface area contributed by atoms with Gasteiger partial charge in [0.15, 0.2) is 0 Å². The first kappa shape index (κ1) is 18.6. The maximum absolute atomic E-state index is 12.4. The summed E-state index contributed by atoms with van der Waals surface area (Å²) in [6.07, 6.45) is 1.59. The smallest absolute Gasteiger partial charge is 0.233 e. The molecule has 0 bridgehead atoms. The molecule has 0 saturated carbocycles. The number of nitrogens with one attached hydrogen (secondary N) is 1. The highest BCUT2D eigenvalue weighted by Gasteiger charge is 2.20. The standard InChI is InChI=1S/C19H21N3O2S2/c1-15-13-16(2)22(21-15)18(19-9-6-11-25-19)14-20-26(23,24)12-10-17-7-4-3-5-8-17/h3-13,18,20H,14H2,1-2H3. The molecule has 0 aliphatic heterocycles. The number of aryl methyl sites for hydroxylation is 2. The summed E-state index contributed by atoms with van der Waals surface area (Å²) in [6.45, 7) is 4.15. The fraction of sp³-hybridized carbons (Fsp3) is 0.211. The van der Waals surface area contributed by atoms with Crippen LogP contribution in [0, 0.1) is 13.8 Å². The van der Waals surface area contributed by atoms with E-state index in [1.54, 1.807) is 17.4 Å². The third-order valence-electron chi connectivity index (χ3n) is 3.93. The molecule has 0 aliphatic carbocycles. The lowest BCUT2D eigenvalue weighted by atomic mass is 10.2. The van der Waals surface area contributed by atoms with Gasteiger partial charge in [-0.05, 0) is 43.0 Å². The van der Waals surface area contributed by atoms with E-state index >= 15 is 0 Å². The van der Waals surface area contributed by atoms with Crippen molar-refractivity contribution in [3.8, 4) is 0 Å². The number of benzene rings is 1. The summed E-state index contributed by atoms with van der Waals surface area (Å²) in [6, 6.07) is 15.1. The van der Waals surface area contributed by atoms with Crippen molar-refractivity contribution in [2.24, 2.45) is 0 Å². The Kier molecular flexibility index (Phi) is 5.70. The van der Waals surface area contributed by atoms with Crippen molar-refractivity contribution < 1.29 is 8.42 Å². The van der Waals surface area contributed by atoms with Crippen LogP contribution in [0.3, 0.4) is 0 Å². The van der Waals surface area contributed by atoms with Crippen molar-refractivity contribution in [3.63, 3.8) is 0 Å². The molecular formula is C19H21N3O2S2. The molecule has 0 amide bonds. The van der Waals surface area contributed by atoms with Crippen LogP contribution in [-0.4, -0.2) is 24.7 Å². The van der Waals surface area contributed by atoms with Gasteiger partial charge in [0.05, 0.1) is 11.7 Å². The van der Waals surface area contributed by atoms with Crippen LogP contribution in [0.15, 0.2) is 59.3 Å². The fourth-order valence-corrected chi connectivity index (χ4v) is 4.36. The highest BCUT2D eigenvalue weighted by atomic mass is 32.2. The number of nitrogens with zero attached hydrogens (tertiary/aromatic N) is 2. The van der Waals surface area contributed by atoms with Crippen molar-refractivity contribution in [3.05, 3.63) is 81.1 Å². The van der Waals surface area contributed by atoms with E-state index in [-0.39, 0.29) is 12.6 Å². The Morgan fingerprint density at radius 1 is 1.19 bits per heavy atom. The average molecular weight is 388 g/mol. The predicted molar refractivity (Wildman–Crippen MR) is 107 cm³/mol. The summed E-state index contributed by atoms with van der Waals surface area (Å²) >= 11 is 1.59. The Bertz CT molecular complexity index is 975. The minimum Gasteiger partial charge on any atom is -0.260 e. The summed E-state index contributed by atoms with van der Waals surface area (Å²) in [7, 11) is -3.55. The minimum atomic E-state index is -3.55. The molecule has 2 aromatic heterocycles. The summed E-state index contributed by atoms with van der Waals surface area (Å²) in [5, 5.41) is 7.72. The quantitative estimate of drug-likeness (QED) is 0.672. The third-order valence-corrected chi connectivity index (χ3v) is 5.97. The molecule has 1 N–H and O–H groups in total. The number of hydrogen-bond acceptors (Lipinski definition) is 4. The zero-order valence-electron chi connectivity index (χ0n) is 14.7. The Hall–Kier alpha value is -2.22. The van der Waals surface area contributed by atoms with Crippen LogP contribution in [0.5, 0.6) is 0 Å². The Morgan fingerprint density at radius 2 is 1.96 bits per heavy atom. The van der Waals surface area contributed by atoms with E-state index < -0.39 is 10.0 Å². The second-order valence-corrected chi connectivity index (χ2v) is 8.64. The Labute approximate surface area is 158 Å². The second-order valence-electron chi connectivity index (χ2n) is 6.01. The van der Waals surface area contributed by atoms with Gasteiger partial charge in [-0.3, -0.25) is 4.68 Å². The van der Waals surface area contributed by atoms with Gasteiger partial charge in [-0.1, -0.05) is 36.4 Å². The summed E-state index contributed by atoms with van der Waals surface area (Å²) in [5.74, 6) is 0. The van der Waals surface area contributed by atoms with Crippen molar-refractivity contribution in [2.45, 2.75) is 19.9 Å². The van der Waals surface area contributed by atoms with E-state index in [9.17, 15) is 8.42 Å². The highest BCUT2D eigenvalue weighted by molar-refractivity contribution is 7.92. The van der Waals surface area contributed by atoms with Crippen LogP contribution >= 0.6 is 11.3 Å². The monoisotopic (exact) mass is 387 g/mol. The van der Waals surface area contributed by atoms with Gasteiger partial charge in [0, 0.05) is 22.5 Å². The maximum atomic E-state index is 12.4. The van der Waals surface area contributed by atoms with E-state index in [2.05, 4.69) is 9.82 Å². The van der Waals surface area contributed by atoms with Crippen LogP contribution in [0.2, 0.25) is 0 Å². The molecule has 26 heavy (non-hydrogen) atoms. The predicted octanol–water partition coefficient (Wildman–Crippen LogP) is 3.74. The molecule has 0 aliphatic rings.